The molecular formula is C12H24N2O2. The van der Waals surface area contributed by atoms with E-state index in [9.17, 15) is 4.79 Å². The van der Waals surface area contributed by atoms with Crippen LogP contribution < -0.4 is 5.32 Å². The third kappa shape index (κ3) is 4.84. The number of nitrogens with zero attached hydrogens (tertiary/aromatic N) is 1. The van der Waals surface area contributed by atoms with Gasteiger partial charge in [-0.3, -0.25) is 0 Å². The molecule has 1 aliphatic rings. The molecule has 0 atom stereocenters. The van der Waals surface area contributed by atoms with Crippen LogP contribution in [-0.4, -0.2) is 40.8 Å². The van der Waals surface area contributed by atoms with E-state index in [1.807, 2.05) is 25.7 Å². The number of carbonyl (C=O) groups excluding carboxylic acids is 1. The third-order valence-electron chi connectivity index (χ3n) is 2.54. The Morgan fingerprint density at radius 2 is 2.00 bits per heavy atom. The zero-order chi connectivity index (χ0) is 12.2. The Bertz CT molecular complexity index is 232. The first kappa shape index (κ1) is 13.3. The predicted molar refractivity (Wildman–Crippen MR) is 64.3 cm³/mol. The van der Waals surface area contributed by atoms with Gasteiger partial charge >= 0.3 is 6.03 Å². The van der Waals surface area contributed by atoms with E-state index in [-0.39, 0.29) is 18.2 Å². The fourth-order valence-electron chi connectivity index (χ4n) is 1.62. The van der Waals surface area contributed by atoms with Crippen LogP contribution in [0, 0.1) is 0 Å². The van der Waals surface area contributed by atoms with Crippen LogP contribution in [0.5, 0.6) is 0 Å². The second kappa shape index (κ2) is 5.53. The number of unbranched alkanes of at least 4 members (excludes halogenated alkanes) is 1. The second-order valence-corrected chi connectivity index (χ2v) is 5.54. The van der Waals surface area contributed by atoms with Crippen molar-refractivity contribution in [3.8, 4) is 0 Å². The molecule has 0 aromatic heterocycles. The molecule has 94 valence electrons. The van der Waals surface area contributed by atoms with Crippen LogP contribution >= 0.6 is 0 Å². The molecule has 0 saturated heterocycles. The normalized spacial score (nSPS) is 16.0. The first-order valence-corrected chi connectivity index (χ1v) is 6.13. The molecule has 4 nitrogen and oxygen atoms in total. The fraction of sp³-hybridized carbons (Fsp3) is 0.917. The molecule has 1 rings (SSSR count). The lowest BCUT2D eigenvalue weighted by Gasteiger charge is -2.28. The molecule has 0 radical (unpaired) electrons. The van der Waals surface area contributed by atoms with Crippen molar-refractivity contribution in [1.82, 2.24) is 10.2 Å². The summed E-state index contributed by atoms with van der Waals surface area (Å²) < 4.78 is 0. The van der Waals surface area contributed by atoms with E-state index in [4.69, 9.17) is 5.11 Å². The molecular weight excluding hydrogens is 204 g/mol. The first-order chi connectivity index (χ1) is 7.44. The molecule has 2 N–H and O–H groups in total. The molecule has 4 heteroatoms. The number of aliphatic hydroxyl groups is 1. The van der Waals surface area contributed by atoms with E-state index < -0.39 is 0 Å². The lowest BCUT2D eigenvalue weighted by molar-refractivity contribution is 0.182. The summed E-state index contributed by atoms with van der Waals surface area (Å²) in [4.78, 5) is 13.9. The summed E-state index contributed by atoms with van der Waals surface area (Å²) in [7, 11) is 0. The van der Waals surface area contributed by atoms with Crippen LogP contribution in [-0.2, 0) is 0 Å². The Labute approximate surface area is 98.0 Å². The Hall–Kier alpha value is -0.770. The van der Waals surface area contributed by atoms with E-state index in [2.05, 4.69) is 5.32 Å². The Morgan fingerprint density at radius 1 is 1.38 bits per heavy atom. The molecule has 1 saturated carbocycles. The van der Waals surface area contributed by atoms with Crippen molar-refractivity contribution in [3.63, 3.8) is 0 Å². The number of amides is 2. The van der Waals surface area contributed by atoms with Crippen LogP contribution in [0.4, 0.5) is 4.79 Å². The second-order valence-electron chi connectivity index (χ2n) is 5.54. The summed E-state index contributed by atoms with van der Waals surface area (Å²) in [6.07, 6.45) is 3.89. The maximum atomic E-state index is 12.0. The van der Waals surface area contributed by atoms with Gasteiger partial charge in [0, 0.05) is 24.7 Å². The first-order valence-electron chi connectivity index (χ1n) is 6.13. The number of hydrogen-bond donors (Lipinski definition) is 2. The zero-order valence-electron chi connectivity index (χ0n) is 10.6. The monoisotopic (exact) mass is 228 g/mol. The number of nitrogens with one attached hydrogen (secondary N) is 1. The van der Waals surface area contributed by atoms with Crippen molar-refractivity contribution in [3.05, 3.63) is 0 Å². The lowest BCUT2D eigenvalue weighted by atomic mass is 10.1. The predicted octanol–water partition coefficient (Wildman–Crippen LogP) is 1.73. The van der Waals surface area contributed by atoms with Gasteiger partial charge in [0.05, 0.1) is 0 Å². The van der Waals surface area contributed by atoms with Gasteiger partial charge in [-0.25, -0.2) is 4.79 Å². The van der Waals surface area contributed by atoms with Gasteiger partial charge in [0.2, 0.25) is 0 Å². The van der Waals surface area contributed by atoms with Gasteiger partial charge in [-0.15, -0.1) is 0 Å². The van der Waals surface area contributed by atoms with E-state index in [1.54, 1.807) is 0 Å². The zero-order valence-corrected chi connectivity index (χ0v) is 10.6. The smallest absolute Gasteiger partial charge is 0.318 e. The molecule has 1 aliphatic carbocycles. The van der Waals surface area contributed by atoms with Crippen LogP contribution in [0.3, 0.4) is 0 Å². The van der Waals surface area contributed by atoms with Crippen LogP contribution in [0.2, 0.25) is 0 Å². The quantitative estimate of drug-likeness (QED) is 0.704. The van der Waals surface area contributed by atoms with E-state index in [0.29, 0.717) is 6.04 Å². The highest BCUT2D eigenvalue weighted by molar-refractivity contribution is 5.75. The number of carbonyl (C=O) groups is 1. The SMILES string of the molecule is CC(C)(C)NC(=O)N(CCCCO)C1CC1. The van der Waals surface area contributed by atoms with E-state index >= 15 is 0 Å². The summed E-state index contributed by atoms with van der Waals surface area (Å²) in [6.45, 7) is 6.93. The number of rotatable bonds is 5. The largest absolute Gasteiger partial charge is 0.396 e. The average molecular weight is 228 g/mol. The van der Waals surface area contributed by atoms with E-state index in [0.717, 1.165) is 32.2 Å². The van der Waals surface area contributed by atoms with Crippen molar-refractivity contribution in [2.24, 2.45) is 0 Å². The molecule has 0 aliphatic heterocycles. The Morgan fingerprint density at radius 3 is 2.44 bits per heavy atom. The Kier molecular flexibility index (Phi) is 4.59. The van der Waals surface area contributed by atoms with Gasteiger partial charge in [-0.05, 0) is 46.5 Å². The van der Waals surface area contributed by atoms with Gasteiger partial charge in [0.25, 0.3) is 0 Å². The number of hydrogen-bond acceptors (Lipinski definition) is 2. The van der Waals surface area contributed by atoms with Gasteiger partial charge < -0.3 is 15.3 Å². The minimum atomic E-state index is -0.179. The highest BCUT2D eigenvalue weighted by Gasteiger charge is 2.33. The van der Waals surface area contributed by atoms with Crippen LogP contribution in [0.15, 0.2) is 0 Å². The van der Waals surface area contributed by atoms with Gasteiger partial charge in [-0.2, -0.15) is 0 Å². The van der Waals surface area contributed by atoms with Crippen molar-refractivity contribution >= 4 is 6.03 Å². The van der Waals surface area contributed by atoms with Gasteiger partial charge in [0.1, 0.15) is 0 Å². The summed E-state index contributed by atoms with van der Waals surface area (Å²) in [5.41, 5.74) is -0.179. The summed E-state index contributed by atoms with van der Waals surface area (Å²) in [5.74, 6) is 0. The fourth-order valence-corrected chi connectivity index (χ4v) is 1.62. The van der Waals surface area contributed by atoms with Crippen molar-refractivity contribution in [2.75, 3.05) is 13.2 Å². The summed E-state index contributed by atoms with van der Waals surface area (Å²) >= 11 is 0. The highest BCUT2D eigenvalue weighted by Crippen LogP contribution is 2.27. The summed E-state index contributed by atoms with van der Waals surface area (Å²) in [6, 6.07) is 0.467. The minimum Gasteiger partial charge on any atom is -0.396 e. The van der Waals surface area contributed by atoms with E-state index in [1.165, 1.54) is 0 Å². The minimum absolute atomic E-state index is 0.0351. The topological polar surface area (TPSA) is 52.6 Å². The number of aliphatic hydroxyl groups excluding tert-OH is 1. The molecule has 0 aromatic carbocycles. The molecule has 16 heavy (non-hydrogen) atoms. The number of urea groups is 1. The molecule has 0 unspecified atom stereocenters. The molecule has 0 aromatic rings. The maximum Gasteiger partial charge on any atom is 0.318 e. The van der Waals surface area contributed by atoms with Crippen molar-refractivity contribution in [2.45, 2.75) is 58.0 Å². The van der Waals surface area contributed by atoms with Crippen LogP contribution in [0.25, 0.3) is 0 Å². The van der Waals surface area contributed by atoms with Crippen molar-refractivity contribution < 1.29 is 9.90 Å². The highest BCUT2D eigenvalue weighted by atomic mass is 16.3. The van der Waals surface area contributed by atoms with Gasteiger partial charge in [0.15, 0.2) is 0 Å². The molecule has 0 bridgehead atoms. The standard InChI is InChI=1S/C12H24N2O2/c1-12(2,3)13-11(16)14(10-6-7-10)8-4-5-9-15/h10,15H,4-9H2,1-3H3,(H,13,16). The molecule has 0 spiro atoms. The average Bonchev–Trinajstić information content (AvgIpc) is 2.92. The van der Waals surface area contributed by atoms with Crippen LogP contribution in [0.1, 0.15) is 46.5 Å². The molecule has 1 fully saturated rings. The lowest BCUT2D eigenvalue weighted by Crippen LogP contribution is -2.49. The Balaban J connectivity index is 2.40. The molecule has 2 amide bonds. The van der Waals surface area contributed by atoms with Gasteiger partial charge in [-0.1, -0.05) is 0 Å². The molecule has 0 heterocycles. The summed E-state index contributed by atoms with van der Waals surface area (Å²) in [5, 5.41) is 11.7. The maximum absolute atomic E-state index is 12.0. The third-order valence-corrected chi connectivity index (χ3v) is 2.54. The van der Waals surface area contributed by atoms with Crippen molar-refractivity contribution in [1.29, 1.82) is 0 Å².